The van der Waals surface area contributed by atoms with E-state index in [0.717, 1.165) is 11.3 Å². The van der Waals surface area contributed by atoms with Crippen molar-refractivity contribution in [3.8, 4) is 0 Å². The lowest BCUT2D eigenvalue weighted by atomic mass is 10.2. The van der Waals surface area contributed by atoms with Crippen LogP contribution in [0.25, 0.3) is 0 Å². The quantitative estimate of drug-likeness (QED) is 0.561. The molecule has 0 aromatic heterocycles. The summed E-state index contributed by atoms with van der Waals surface area (Å²) in [6.45, 7) is 1.65. The third-order valence-electron chi connectivity index (χ3n) is 2.45. The SMILES string of the molecule is COCCOCc1cccc(NC(=O)CCCCl)c1. The Balaban J connectivity index is 2.40. The normalized spacial score (nSPS) is 10.4. The van der Waals surface area contributed by atoms with Gasteiger partial charge in [0.2, 0.25) is 5.91 Å². The molecule has 19 heavy (non-hydrogen) atoms. The van der Waals surface area contributed by atoms with Gasteiger partial charge in [-0.15, -0.1) is 11.6 Å². The summed E-state index contributed by atoms with van der Waals surface area (Å²) >= 11 is 5.55. The summed E-state index contributed by atoms with van der Waals surface area (Å²) in [6.07, 6.45) is 1.13. The van der Waals surface area contributed by atoms with Crippen LogP contribution in [-0.4, -0.2) is 32.1 Å². The Morgan fingerprint density at radius 3 is 2.95 bits per heavy atom. The van der Waals surface area contributed by atoms with Crippen LogP contribution in [0.4, 0.5) is 5.69 Å². The number of carbonyl (C=O) groups excluding carboxylic acids is 1. The monoisotopic (exact) mass is 285 g/mol. The van der Waals surface area contributed by atoms with Gasteiger partial charge in [0.25, 0.3) is 0 Å². The molecule has 4 nitrogen and oxygen atoms in total. The maximum atomic E-state index is 11.6. The Hall–Kier alpha value is -1.10. The molecule has 0 atom stereocenters. The highest BCUT2D eigenvalue weighted by Gasteiger charge is 2.02. The van der Waals surface area contributed by atoms with Gasteiger partial charge in [0.15, 0.2) is 0 Å². The van der Waals surface area contributed by atoms with Crippen LogP contribution < -0.4 is 5.32 Å². The Kier molecular flexibility index (Phi) is 8.21. The maximum absolute atomic E-state index is 11.6. The molecule has 0 aliphatic heterocycles. The number of carbonyl (C=O) groups is 1. The van der Waals surface area contributed by atoms with Gasteiger partial charge >= 0.3 is 0 Å². The molecular weight excluding hydrogens is 266 g/mol. The molecular formula is C14H20ClNO3. The lowest BCUT2D eigenvalue weighted by Gasteiger charge is -2.08. The first-order chi connectivity index (χ1) is 9.26. The van der Waals surface area contributed by atoms with Gasteiger partial charge < -0.3 is 14.8 Å². The molecule has 5 heteroatoms. The predicted molar refractivity (Wildman–Crippen MR) is 76.6 cm³/mol. The molecule has 0 saturated carbocycles. The average Bonchev–Trinajstić information content (AvgIpc) is 2.42. The fourth-order valence-electron chi connectivity index (χ4n) is 1.52. The molecule has 106 valence electrons. The van der Waals surface area contributed by atoms with E-state index < -0.39 is 0 Å². The van der Waals surface area contributed by atoms with Crippen LogP contribution in [0.15, 0.2) is 24.3 Å². The van der Waals surface area contributed by atoms with Crippen LogP contribution in [0.1, 0.15) is 18.4 Å². The average molecular weight is 286 g/mol. The molecule has 0 spiro atoms. The van der Waals surface area contributed by atoms with Crippen molar-refractivity contribution < 1.29 is 14.3 Å². The number of rotatable bonds is 9. The number of halogens is 1. The van der Waals surface area contributed by atoms with Crippen molar-refractivity contribution in [2.75, 3.05) is 31.5 Å². The standard InChI is InChI=1S/C14H20ClNO3/c1-18-8-9-19-11-12-4-2-5-13(10-12)16-14(17)6-3-7-15/h2,4-5,10H,3,6-9,11H2,1H3,(H,16,17). The molecule has 0 radical (unpaired) electrons. The maximum Gasteiger partial charge on any atom is 0.224 e. The van der Waals surface area contributed by atoms with Crippen LogP contribution in [0, 0.1) is 0 Å². The molecule has 1 aromatic carbocycles. The Labute approximate surface area is 119 Å². The van der Waals surface area contributed by atoms with E-state index in [1.807, 2.05) is 24.3 Å². The summed E-state index contributed by atoms with van der Waals surface area (Å²) in [4.78, 5) is 11.6. The lowest BCUT2D eigenvalue weighted by molar-refractivity contribution is -0.116. The number of benzene rings is 1. The van der Waals surface area contributed by atoms with Gasteiger partial charge in [-0.25, -0.2) is 0 Å². The van der Waals surface area contributed by atoms with Gasteiger partial charge in [-0.3, -0.25) is 4.79 Å². The first-order valence-electron chi connectivity index (χ1n) is 6.27. The summed E-state index contributed by atoms with van der Waals surface area (Å²) in [5.41, 5.74) is 1.80. The van der Waals surface area contributed by atoms with Gasteiger partial charge in [-0.2, -0.15) is 0 Å². The minimum absolute atomic E-state index is 0.0156. The van der Waals surface area contributed by atoms with Crippen LogP contribution in [0.2, 0.25) is 0 Å². The zero-order valence-electron chi connectivity index (χ0n) is 11.2. The van der Waals surface area contributed by atoms with E-state index >= 15 is 0 Å². The topological polar surface area (TPSA) is 47.6 Å². The van der Waals surface area contributed by atoms with Crippen molar-refractivity contribution in [3.63, 3.8) is 0 Å². The Bertz CT molecular complexity index is 385. The molecule has 0 aliphatic carbocycles. The number of alkyl halides is 1. The summed E-state index contributed by atoms with van der Waals surface area (Å²) < 4.78 is 10.3. The summed E-state index contributed by atoms with van der Waals surface area (Å²) in [6, 6.07) is 7.62. The number of ether oxygens (including phenoxy) is 2. The van der Waals surface area contributed by atoms with Gasteiger partial charge in [0.1, 0.15) is 0 Å². The molecule has 1 rings (SSSR count). The van der Waals surface area contributed by atoms with Crippen LogP contribution >= 0.6 is 11.6 Å². The van der Waals surface area contributed by atoms with Gasteiger partial charge in [0, 0.05) is 25.1 Å². The molecule has 1 amide bonds. The lowest BCUT2D eigenvalue weighted by Crippen LogP contribution is -2.11. The largest absolute Gasteiger partial charge is 0.382 e. The van der Waals surface area contributed by atoms with Gasteiger partial charge in [-0.1, -0.05) is 12.1 Å². The van der Waals surface area contributed by atoms with Gasteiger partial charge in [-0.05, 0) is 24.1 Å². The van der Waals surface area contributed by atoms with Gasteiger partial charge in [0.05, 0.1) is 19.8 Å². The third-order valence-corrected chi connectivity index (χ3v) is 2.72. The number of anilines is 1. The minimum atomic E-state index is -0.0156. The van der Waals surface area contributed by atoms with E-state index in [4.69, 9.17) is 21.1 Å². The van der Waals surface area contributed by atoms with E-state index in [9.17, 15) is 4.79 Å². The van der Waals surface area contributed by atoms with E-state index in [1.54, 1.807) is 7.11 Å². The Morgan fingerprint density at radius 2 is 2.21 bits per heavy atom. The van der Waals surface area contributed by atoms with E-state index in [-0.39, 0.29) is 5.91 Å². The van der Waals surface area contributed by atoms with E-state index in [0.29, 0.717) is 38.5 Å². The second kappa shape index (κ2) is 9.78. The van der Waals surface area contributed by atoms with Crippen molar-refractivity contribution in [3.05, 3.63) is 29.8 Å². The van der Waals surface area contributed by atoms with Crippen LogP contribution in [-0.2, 0) is 20.9 Å². The molecule has 0 saturated heterocycles. The number of nitrogens with one attached hydrogen (secondary N) is 1. The predicted octanol–water partition coefficient (Wildman–Crippen LogP) is 2.81. The first-order valence-corrected chi connectivity index (χ1v) is 6.81. The van der Waals surface area contributed by atoms with Crippen molar-refractivity contribution in [2.45, 2.75) is 19.4 Å². The molecule has 0 bridgehead atoms. The van der Waals surface area contributed by atoms with Crippen LogP contribution in [0.5, 0.6) is 0 Å². The fourth-order valence-corrected chi connectivity index (χ4v) is 1.66. The first kappa shape index (κ1) is 16.0. The molecule has 0 heterocycles. The van der Waals surface area contributed by atoms with Crippen LogP contribution in [0.3, 0.4) is 0 Å². The number of hydrogen-bond donors (Lipinski definition) is 1. The van der Waals surface area contributed by atoms with Crippen molar-refractivity contribution in [2.24, 2.45) is 0 Å². The second-order valence-electron chi connectivity index (χ2n) is 4.09. The summed E-state index contributed by atoms with van der Waals surface area (Å²) in [7, 11) is 1.64. The molecule has 1 aromatic rings. The number of hydrogen-bond acceptors (Lipinski definition) is 3. The fraction of sp³-hybridized carbons (Fsp3) is 0.500. The van der Waals surface area contributed by atoms with E-state index in [1.165, 1.54) is 0 Å². The molecule has 0 unspecified atom stereocenters. The van der Waals surface area contributed by atoms with E-state index in [2.05, 4.69) is 5.32 Å². The third kappa shape index (κ3) is 7.15. The zero-order valence-corrected chi connectivity index (χ0v) is 11.9. The Morgan fingerprint density at radius 1 is 1.37 bits per heavy atom. The van der Waals surface area contributed by atoms with Crippen molar-refractivity contribution in [1.82, 2.24) is 0 Å². The smallest absolute Gasteiger partial charge is 0.224 e. The minimum Gasteiger partial charge on any atom is -0.382 e. The summed E-state index contributed by atoms with van der Waals surface area (Å²) in [5, 5.41) is 2.84. The molecule has 0 aliphatic rings. The van der Waals surface area contributed by atoms with Crippen molar-refractivity contribution in [1.29, 1.82) is 0 Å². The van der Waals surface area contributed by atoms with Crippen molar-refractivity contribution >= 4 is 23.2 Å². The highest BCUT2D eigenvalue weighted by atomic mass is 35.5. The number of methoxy groups -OCH3 is 1. The molecule has 1 N–H and O–H groups in total. The number of amides is 1. The summed E-state index contributed by atoms with van der Waals surface area (Å²) in [5.74, 6) is 0.485. The highest BCUT2D eigenvalue weighted by Crippen LogP contribution is 2.12. The zero-order chi connectivity index (χ0) is 13.9. The molecule has 0 fully saturated rings. The second-order valence-corrected chi connectivity index (χ2v) is 4.46. The highest BCUT2D eigenvalue weighted by molar-refractivity contribution is 6.18.